The van der Waals surface area contributed by atoms with Crippen molar-refractivity contribution in [2.75, 3.05) is 13.1 Å². The molecule has 110 valence electrons. The summed E-state index contributed by atoms with van der Waals surface area (Å²) in [5.74, 6) is 0.0293. The number of esters is 1. The van der Waals surface area contributed by atoms with Crippen LogP contribution < -0.4 is 0 Å². The normalized spacial score (nSPS) is 25.0. The fourth-order valence-electron chi connectivity index (χ4n) is 3.48. The van der Waals surface area contributed by atoms with Crippen LogP contribution in [-0.2, 0) is 9.53 Å². The standard InChI is InChI=1S/C16H29NO2/c1-15(2,3)19-14(18)16(10-6-4-7-11-16)17-12-8-5-9-13-17/h4-13H2,1-3H3. The third-order valence-electron chi connectivity index (χ3n) is 4.42. The Morgan fingerprint density at radius 3 is 2.00 bits per heavy atom. The van der Waals surface area contributed by atoms with Crippen molar-refractivity contribution in [3.8, 4) is 0 Å². The average molecular weight is 267 g/mol. The fourth-order valence-corrected chi connectivity index (χ4v) is 3.48. The quantitative estimate of drug-likeness (QED) is 0.717. The van der Waals surface area contributed by atoms with Crippen LogP contribution in [0.2, 0.25) is 0 Å². The van der Waals surface area contributed by atoms with Crippen LogP contribution in [0.5, 0.6) is 0 Å². The van der Waals surface area contributed by atoms with Crippen molar-refractivity contribution in [2.24, 2.45) is 0 Å². The summed E-state index contributed by atoms with van der Waals surface area (Å²) in [6.45, 7) is 8.05. The highest BCUT2D eigenvalue weighted by atomic mass is 16.6. The largest absolute Gasteiger partial charge is 0.459 e. The molecular formula is C16H29NO2. The van der Waals surface area contributed by atoms with E-state index >= 15 is 0 Å². The lowest BCUT2D eigenvalue weighted by Crippen LogP contribution is -2.58. The molecule has 0 aromatic carbocycles. The molecule has 1 heterocycles. The summed E-state index contributed by atoms with van der Waals surface area (Å²) in [6, 6.07) is 0. The first-order valence-electron chi connectivity index (χ1n) is 7.93. The van der Waals surface area contributed by atoms with Crippen molar-refractivity contribution in [3.05, 3.63) is 0 Å². The summed E-state index contributed by atoms with van der Waals surface area (Å²) in [5.41, 5.74) is -0.691. The number of carbonyl (C=O) groups excluding carboxylic acids is 1. The van der Waals surface area contributed by atoms with Gasteiger partial charge in [0, 0.05) is 0 Å². The molecule has 3 heteroatoms. The van der Waals surface area contributed by atoms with Gasteiger partial charge in [-0.3, -0.25) is 9.69 Å². The van der Waals surface area contributed by atoms with Crippen molar-refractivity contribution in [1.82, 2.24) is 4.90 Å². The maximum absolute atomic E-state index is 12.8. The van der Waals surface area contributed by atoms with Crippen molar-refractivity contribution in [1.29, 1.82) is 0 Å². The van der Waals surface area contributed by atoms with E-state index in [1.54, 1.807) is 0 Å². The topological polar surface area (TPSA) is 29.5 Å². The van der Waals surface area contributed by atoms with E-state index in [1.165, 1.54) is 25.7 Å². The first-order chi connectivity index (χ1) is 8.94. The summed E-state index contributed by atoms with van der Waals surface area (Å²) in [7, 11) is 0. The van der Waals surface area contributed by atoms with E-state index in [1.807, 2.05) is 20.8 Å². The van der Waals surface area contributed by atoms with E-state index in [9.17, 15) is 4.79 Å². The van der Waals surface area contributed by atoms with Crippen molar-refractivity contribution in [2.45, 2.75) is 83.3 Å². The van der Waals surface area contributed by atoms with Gasteiger partial charge in [0.2, 0.25) is 0 Å². The first kappa shape index (κ1) is 14.8. The van der Waals surface area contributed by atoms with Crippen LogP contribution in [0.15, 0.2) is 0 Å². The van der Waals surface area contributed by atoms with Gasteiger partial charge in [0.05, 0.1) is 0 Å². The SMILES string of the molecule is CC(C)(C)OC(=O)C1(N2CCCCC2)CCCCC1. The predicted molar refractivity (Wildman–Crippen MR) is 77.1 cm³/mol. The van der Waals surface area contributed by atoms with Crippen molar-refractivity contribution < 1.29 is 9.53 Å². The van der Waals surface area contributed by atoms with Gasteiger partial charge in [-0.25, -0.2) is 0 Å². The second kappa shape index (κ2) is 5.82. The molecule has 0 unspecified atom stereocenters. The van der Waals surface area contributed by atoms with Crippen molar-refractivity contribution in [3.63, 3.8) is 0 Å². The second-order valence-electron chi connectivity index (χ2n) is 7.14. The molecule has 0 N–H and O–H groups in total. The maximum Gasteiger partial charge on any atom is 0.327 e. The molecule has 1 saturated heterocycles. The van der Waals surface area contributed by atoms with Crippen LogP contribution in [0.4, 0.5) is 0 Å². The Labute approximate surface area is 117 Å². The van der Waals surface area contributed by atoms with Gasteiger partial charge in [-0.15, -0.1) is 0 Å². The number of likely N-dealkylation sites (tertiary alicyclic amines) is 1. The van der Waals surface area contributed by atoms with E-state index in [0.29, 0.717) is 0 Å². The Morgan fingerprint density at radius 1 is 0.947 bits per heavy atom. The third kappa shape index (κ3) is 3.50. The van der Waals surface area contributed by atoms with E-state index in [0.717, 1.165) is 38.8 Å². The molecule has 0 atom stereocenters. The predicted octanol–water partition coefficient (Wildman–Crippen LogP) is 3.52. The Kier molecular flexibility index (Phi) is 4.54. The van der Waals surface area contributed by atoms with Gasteiger partial charge in [0.25, 0.3) is 0 Å². The highest BCUT2D eigenvalue weighted by Crippen LogP contribution is 2.37. The Morgan fingerprint density at radius 2 is 1.47 bits per heavy atom. The van der Waals surface area contributed by atoms with Gasteiger partial charge in [0.15, 0.2) is 0 Å². The lowest BCUT2D eigenvalue weighted by Gasteiger charge is -2.46. The first-order valence-corrected chi connectivity index (χ1v) is 7.93. The van der Waals surface area contributed by atoms with Crippen LogP contribution in [0.25, 0.3) is 0 Å². The summed E-state index contributed by atoms with van der Waals surface area (Å²) < 4.78 is 5.75. The number of ether oxygens (including phenoxy) is 1. The molecule has 0 radical (unpaired) electrons. The summed E-state index contributed by atoms with van der Waals surface area (Å²) in [6.07, 6.45) is 9.32. The summed E-state index contributed by atoms with van der Waals surface area (Å²) in [4.78, 5) is 15.2. The monoisotopic (exact) mass is 267 g/mol. The fraction of sp³-hybridized carbons (Fsp3) is 0.938. The molecule has 0 amide bonds. The molecule has 0 aromatic heterocycles. The minimum Gasteiger partial charge on any atom is -0.459 e. The number of nitrogens with zero attached hydrogens (tertiary/aromatic N) is 1. The molecule has 0 bridgehead atoms. The molecule has 1 saturated carbocycles. The summed E-state index contributed by atoms with van der Waals surface area (Å²) >= 11 is 0. The Bertz CT molecular complexity index is 307. The lowest BCUT2D eigenvalue weighted by molar-refractivity contribution is -0.173. The molecule has 2 fully saturated rings. The minimum atomic E-state index is -0.378. The van der Waals surface area contributed by atoms with Crippen LogP contribution in [0.1, 0.15) is 72.1 Å². The van der Waals surface area contributed by atoms with E-state index in [-0.39, 0.29) is 17.1 Å². The van der Waals surface area contributed by atoms with E-state index in [2.05, 4.69) is 4.90 Å². The Balaban J connectivity index is 2.15. The molecule has 1 aliphatic carbocycles. The molecule has 1 aliphatic heterocycles. The van der Waals surface area contributed by atoms with Gasteiger partial charge in [-0.05, 0) is 59.5 Å². The third-order valence-corrected chi connectivity index (χ3v) is 4.42. The van der Waals surface area contributed by atoms with E-state index < -0.39 is 0 Å². The van der Waals surface area contributed by atoms with Crippen LogP contribution >= 0.6 is 0 Å². The number of rotatable bonds is 2. The maximum atomic E-state index is 12.8. The highest BCUT2D eigenvalue weighted by molar-refractivity contribution is 5.81. The zero-order valence-electron chi connectivity index (χ0n) is 12.8. The van der Waals surface area contributed by atoms with Crippen LogP contribution in [0.3, 0.4) is 0 Å². The number of piperidine rings is 1. The van der Waals surface area contributed by atoms with Gasteiger partial charge in [-0.1, -0.05) is 25.7 Å². The zero-order valence-corrected chi connectivity index (χ0v) is 12.8. The molecule has 19 heavy (non-hydrogen) atoms. The lowest BCUT2D eigenvalue weighted by atomic mass is 9.79. The number of hydrogen-bond acceptors (Lipinski definition) is 3. The smallest absolute Gasteiger partial charge is 0.327 e. The van der Waals surface area contributed by atoms with Gasteiger partial charge in [0.1, 0.15) is 11.1 Å². The average Bonchev–Trinajstić information content (AvgIpc) is 2.38. The number of carbonyl (C=O) groups is 1. The molecule has 0 aromatic rings. The zero-order chi connectivity index (χ0) is 13.9. The number of hydrogen-bond donors (Lipinski definition) is 0. The van der Waals surface area contributed by atoms with Gasteiger partial charge < -0.3 is 4.74 Å². The van der Waals surface area contributed by atoms with Crippen molar-refractivity contribution >= 4 is 5.97 Å². The summed E-state index contributed by atoms with van der Waals surface area (Å²) in [5, 5.41) is 0. The van der Waals surface area contributed by atoms with Crippen LogP contribution in [0, 0.1) is 0 Å². The molecule has 2 rings (SSSR count). The van der Waals surface area contributed by atoms with Gasteiger partial charge >= 0.3 is 5.97 Å². The Hall–Kier alpha value is -0.570. The second-order valence-corrected chi connectivity index (χ2v) is 7.14. The highest BCUT2D eigenvalue weighted by Gasteiger charge is 2.47. The molecule has 3 nitrogen and oxygen atoms in total. The molecule has 0 spiro atoms. The molecular weight excluding hydrogens is 238 g/mol. The minimum absolute atomic E-state index is 0.0293. The molecule has 2 aliphatic rings. The van der Waals surface area contributed by atoms with E-state index in [4.69, 9.17) is 4.74 Å². The van der Waals surface area contributed by atoms with Gasteiger partial charge in [-0.2, -0.15) is 0 Å². The van der Waals surface area contributed by atoms with Crippen LogP contribution in [-0.4, -0.2) is 35.1 Å².